The van der Waals surface area contributed by atoms with Crippen LogP contribution in [0.1, 0.15) is 50.5 Å². The van der Waals surface area contributed by atoms with E-state index in [1.807, 2.05) is 6.07 Å². The molecule has 1 aromatic heterocycles. The summed E-state index contributed by atoms with van der Waals surface area (Å²) >= 11 is 0. The molecule has 0 amide bonds. The van der Waals surface area contributed by atoms with Gasteiger partial charge in [-0.15, -0.1) is 0 Å². The van der Waals surface area contributed by atoms with Crippen LogP contribution >= 0.6 is 0 Å². The van der Waals surface area contributed by atoms with Crippen molar-refractivity contribution in [3.05, 3.63) is 46.1 Å². The monoisotopic (exact) mass is 439 g/mol. The molecule has 1 aromatic carbocycles. The Labute approximate surface area is 189 Å². The molecule has 2 aromatic rings. The second-order valence-electron chi connectivity index (χ2n) is 8.88. The van der Waals surface area contributed by atoms with Gasteiger partial charge in [-0.2, -0.15) is 4.98 Å². The number of benzene rings is 1. The van der Waals surface area contributed by atoms with Crippen molar-refractivity contribution in [2.45, 2.75) is 57.5 Å². The lowest BCUT2D eigenvalue weighted by Crippen LogP contribution is -2.30. The van der Waals surface area contributed by atoms with Gasteiger partial charge in [-0.1, -0.05) is 18.2 Å². The zero-order chi connectivity index (χ0) is 22.3. The topological polar surface area (TPSA) is 122 Å². The average molecular weight is 440 g/mol. The Morgan fingerprint density at radius 3 is 2.59 bits per heavy atom. The molecule has 2 aliphatic rings. The van der Waals surface area contributed by atoms with Gasteiger partial charge in [0.1, 0.15) is 6.20 Å². The van der Waals surface area contributed by atoms with Crippen molar-refractivity contribution in [3.63, 3.8) is 0 Å². The number of nitrogens with two attached hydrogens (primary N) is 1. The summed E-state index contributed by atoms with van der Waals surface area (Å²) < 4.78 is 0. The SMILES string of the molecule is NC1CCC(CNc2nc(NCc3ccccc3N3CCCCC3)ncc2[N+](=O)[O-])CC1. The van der Waals surface area contributed by atoms with Crippen LogP contribution in [-0.4, -0.2) is 40.6 Å². The third kappa shape index (κ3) is 5.64. The molecule has 1 saturated heterocycles. The number of hydrogen-bond donors (Lipinski definition) is 3. The minimum absolute atomic E-state index is 0.100. The van der Waals surface area contributed by atoms with Crippen LogP contribution in [0.2, 0.25) is 0 Å². The van der Waals surface area contributed by atoms with Gasteiger partial charge in [-0.25, -0.2) is 4.98 Å². The van der Waals surface area contributed by atoms with E-state index in [-0.39, 0.29) is 17.5 Å². The van der Waals surface area contributed by atoms with E-state index in [1.54, 1.807) is 0 Å². The van der Waals surface area contributed by atoms with Crippen LogP contribution in [0.3, 0.4) is 0 Å². The van der Waals surface area contributed by atoms with Crippen LogP contribution < -0.4 is 21.3 Å². The molecule has 1 aliphatic heterocycles. The van der Waals surface area contributed by atoms with Crippen LogP contribution in [-0.2, 0) is 6.54 Å². The first kappa shape index (κ1) is 22.3. The first-order chi connectivity index (χ1) is 15.6. The van der Waals surface area contributed by atoms with Gasteiger partial charge in [0.05, 0.1) is 4.92 Å². The zero-order valence-electron chi connectivity index (χ0n) is 18.5. The molecule has 0 unspecified atom stereocenters. The summed E-state index contributed by atoms with van der Waals surface area (Å²) in [7, 11) is 0. The fourth-order valence-corrected chi connectivity index (χ4v) is 4.64. The van der Waals surface area contributed by atoms with Crippen molar-refractivity contribution in [1.82, 2.24) is 9.97 Å². The minimum Gasteiger partial charge on any atom is -0.371 e. The molecule has 0 radical (unpaired) electrons. The summed E-state index contributed by atoms with van der Waals surface area (Å²) in [4.78, 5) is 22.1. The van der Waals surface area contributed by atoms with Crippen LogP contribution in [0.25, 0.3) is 0 Å². The number of piperidine rings is 1. The van der Waals surface area contributed by atoms with Crippen molar-refractivity contribution < 1.29 is 4.92 Å². The average Bonchev–Trinajstić information content (AvgIpc) is 2.83. The molecular weight excluding hydrogens is 406 g/mol. The molecular formula is C23H33N7O2. The number of nitrogens with one attached hydrogen (secondary N) is 2. The van der Waals surface area contributed by atoms with Crippen molar-refractivity contribution >= 4 is 23.1 Å². The molecule has 4 N–H and O–H groups in total. The van der Waals surface area contributed by atoms with Crippen LogP contribution in [0, 0.1) is 16.0 Å². The number of nitro groups is 1. The normalized spacial score (nSPS) is 21.2. The lowest BCUT2D eigenvalue weighted by atomic mass is 9.86. The summed E-state index contributed by atoms with van der Waals surface area (Å²) in [6, 6.07) is 8.64. The minimum atomic E-state index is -0.436. The quantitative estimate of drug-likeness (QED) is 0.418. The summed E-state index contributed by atoms with van der Waals surface area (Å²) in [6.07, 6.45) is 9.08. The fourth-order valence-electron chi connectivity index (χ4n) is 4.64. The zero-order valence-corrected chi connectivity index (χ0v) is 18.5. The van der Waals surface area contributed by atoms with Crippen molar-refractivity contribution in [1.29, 1.82) is 0 Å². The second-order valence-corrected chi connectivity index (χ2v) is 8.88. The molecule has 1 saturated carbocycles. The number of rotatable bonds is 8. The standard InChI is InChI=1S/C23H33N7O2/c24-19-10-8-17(9-11-19)14-25-22-21(30(31)32)16-27-23(28-22)26-15-18-6-2-3-7-20(18)29-12-4-1-5-13-29/h2-3,6-7,16-17,19H,1,4-5,8-15,24H2,(H2,25,26,27,28). The van der Waals surface area contributed by atoms with Gasteiger partial charge in [0.15, 0.2) is 0 Å². The Morgan fingerprint density at radius 1 is 1.09 bits per heavy atom. The Balaban J connectivity index is 1.43. The van der Waals surface area contributed by atoms with Crippen molar-refractivity contribution in [3.8, 4) is 0 Å². The smallest absolute Gasteiger partial charge is 0.329 e. The highest BCUT2D eigenvalue weighted by Gasteiger charge is 2.22. The highest BCUT2D eigenvalue weighted by Crippen LogP contribution is 2.28. The number of hydrogen-bond acceptors (Lipinski definition) is 8. The van der Waals surface area contributed by atoms with Gasteiger partial charge < -0.3 is 21.3 Å². The molecule has 9 nitrogen and oxygen atoms in total. The van der Waals surface area contributed by atoms with Gasteiger partial charge in [0.25, 0.3) is 0 Å². The summed E-state index contributed by atoms with van der Waals surface area (Å²) in [6.45, 7) is 3.36. The van der Waals surface area contributed by atoms with E-state index in [4.69, 9.17) is 5.73 Å². The molecule has 0 spiro atoms. The lowest BCUT2D eigenvalue weighted by molar-refractivity contribution is -0.384. The van der Waals surface area contributed by atoms with E-state index in [9.17, 15) is 10.1 Å². The maximum atomic E-state index is 11.5. The predicted octanol–water partition coefficient (Wildman–Crippen LogP) is 3.92. The van der Waals surface area contributed by atoms with E-state index in [0.717, 1.165) is 38.8 Å². The van der Waals surface area contributed by atoms with Crippen molar-refractivity contribution in [2.75, 3.05) is 35.2 Å². The van der Waals surface area contributed by atoms with Crippen molar-refractivity contribution in [2.24, 2.45) is 11.7 Å². The summed E-state index contributed by atoms with van der Waals surface area (Å²) in [5, 5.41) is 17.9. The lowest BCUT2D eigenvalue weighted by Gasteiger charge is -2.30. The van der Waals surface area contributed by atoms with Crippen LogP contribution in [0.5, 0.6) is 0 Å². The van der Waals surface area contributed by atoms with Gasteiger partial charge in [-0.05, 0) is 62.5 Å². The second kappa shape index (κ2) is 10.6. The highest BCUT2D eigenvalue weighted by molar-refractivity contribution is 5.58. The van der Waals surface area contributed by atoms with Gasteiger partial charge >= 0.3 is 5.69 Å². The van der Waals surface area contributed by atoms with Gasteiger partial charge in [0.2, 0.25) is 11.8 Å². The molecule has 1 aliphatic carbocycles. The maximum Gasteiger partial charge on any atom is 0.329 e. The molecule has 4 rings (SSSR count). The summed E-state index contributed by atoms with van der Waals surface area (Å²) in [5.41, 5.74) is 8.29. The highest BCUT2D eigenvalue weighted by atomic mass is 16.6. The first-order valence-electron chi connectivity index (χ1n) is 11.7. The first-order valence-corrected chi connectivity index (χ1v) is 11.7. The largest absolute Gasteiger partial charge is 0.371 e. The number of anilines is 3. The molecule has 9 heteroatoms. The van der Waals surface area contributed by atoms with Gasteiger partial charge in [-0.3, -0.25) is 10.1 Å². The molecule has 0 atom stereocenters. The predicted molar refractivity (Wildman–Crippen MR) is 127 cm³/mol. The molecule has 172 valence electrons. The number of para-hydroxylation sites is 1. The van der Waals surface area contributed by atoms with Crippen LogP contribution in [0.4, 0.5) is 23.1 Å². The molecule has 2 fully saturated rings. The van der Waals surface area contributed by atoms with E-state index in [1.165, 1.54) is 36.7 Å². The number of aromatic nitrogens is 2. The fraction of sp³-hybridized carbons (Fsp3) is 0.565. The Morgan fingerprint density at radius 2 is 1.84 bits per heavy atom. The third-order valence-corrected chi connectivity index (χ3v) is 6.54. The molecule has 2 heterocycles. The van der Waals surface area contributed by atoms with E-state index < -0.39 is 4.92 Å². The Bertz CT molecular complexity index is 909. The Kier molecular flexibility index (Phi) is 7.36. The van der Waals surface area contributed by atoms with E-state index >= 15 is 0 Å². The Hall–Kier alpha value is -2.94. The molecule has 32 heavy (non-hydrogen) atoms. The molecule has 0 bridgehead atoms. The summed E-state index contributed by atoms with van der Waals surface area (Å²) in [5.74, 6) is 1.11. The third-order valence-electron chi connectivity index (χ3n) is 6.54. The van der Waals surface area contributed by atoms with Crippen LogP contribution in [0.15, 0.2) is 30.5 Å². The maximum absolute atomic E-state index is 11.5. The van der Waals surface area contributed by atoms with Gasteiger partial charge in [0, 0.05) is 37.9 Å². The van der Waals surface area contributed by atoms with E-state index in [2.05, 4.69) is 43.7 Å². The number of nitrogens with zero attached hydrogens (tertiary/aromatic N) is 4. The van der Waals surface area contributed by atoms with E-state index in [0.29, 0.717) is 25.0 Å².